The van der Waals surface area contributed by atoms with E-state index in [2.05, 4.69) is 37.2 Å². The van der Waals surface area contributed by atoms with Gasteiger partial charge in [-0.2, -0.15) is 0 Å². The molecule has 2 aromatic carbocycles. The van der Waals surface area contributed by atoms with Gasteiger partial charge in [-0.3, -0.25) is 0 Å². The predicted molar refractivity (Wildman–Crippen MR) is 91.8 cm³/mol. The van der Waals surface area contributed by atoms with Crippen LogP contribution in [0.4, 0.5) is 5.69 Å². The van der Waals surface area contributed by atoms with Crippen molar-refractivity contribution in [2.75, 3.05) is 11.9 Å². The van der Waals surface area contributed by atoms with Crippen molar-refractivity contribution in [3.05, 3.63) is 61.0 Å². The van der Waals surface area contributed by atoms with E-state index in [0.717, 1.165) is 20.2 Å². The van der Waals surface area contributed by atoms with E-state index >= 15 is 0 Å². The molecule has 0 aromatic heterocycles. The number of hydrogen-bond acceptors (Lipinski definition) is 2. The minimum absolute atomic E-state index is 0.0679. The van der Waals surface area contributed by atoms with Crippen LogP contribution in [0.15, 0.2) is 45.3 Å². The molecule has 2 nitrogen and oxygen atoms in total. The third-order valence-electron chi connectivity index (χ3n) is 2.78. The van der Waals surface area contributed by atoms with Crippen molar-refractivity contribution in [3.8, 4) is 0 Å². The van der Waals surface area contributed by atoms with Gasteiger partial charge < -0.3 is 10.4 Å². The summed E-state index contributed by atoms with van der Waals surface area (Å²) in [5.41, 5.74) is 1.68. The van der Waals surface area contributed by atoms with Crippen LogP contribution in [0.2, 0.25) is 10.0 Å². The van der Waals surface area contributed by atoms with Crippen molar-refractivity contribution in [2.24, 2.45) is 0 Å². The molecule has 0 fully saturated rings. The number of benzene rings is 2. The molecule has 0 aliphatic rings. The zero-order valence-corrected chi connectivity index (χ0v) is 14.9. The summed E-state index contributed by atoms with van der Waals surface area (Å²) in [6.07, 6.45) is 0. The van der Waals surface area contributed by atoms with Gasteiger partial charge in [0.15, 0.2) is 0 Å². The van der Waals surface area contributed by atoms with Crippen LogP contribution in [0.1, 0.15) is 11.6 Å². The van der Waals surface area contributed by atoms with Gasteiger partial charge in [0.05, 0.1) is 17.7 Å². The number of aliphatic hydroxyl groups is 1. The summed E-state index contributed by atoms with van der Waals surface area (Å²) < 4.78 is 1.69. The third-order valence-corrected chi connectivity index (χ3v) is 4.82. The highest BCUT2D eigenvalue weighted by atomic mass is 79.9. The fourth-order valence-corrected chi connectivity index (χ4v) is 3.09. The number of hydrogen-bond donors (Lipinski definition) is 2. The topological polar surface area (TPSA) is 32.3 Å². The number of rotatable bonds is 4. The Labute approximate surface area is 144 Å². The Morgan fingerprint density at radius 2 is 1.80 bits per heavy atom. The van der Waals surface area contributed by atoms with E-state index < -0.39 is 0 Å². The molecular weight excluding hydrogens is 429 g/mol. The van der Waals surface area contributed by atoms with E-state index in [0.29, 0.717) is 10.0 Å². The van der Waals surface area contributed by atoms with E-state index in [9.17, 15) is 5.11 Å². The first kappa shape index (κ1) is 16.1. The first-order valence-corrected chi connectivity index (χ1v) is 8.13. The van der Waals surface area contributed by atoms with Crippen molar-refractivity contribution in [2.45, 2.75) is 6.04 Å². The lowest BCUT2D eigenvalue weighted by Crippen LogP contribution is -2.15. The van der Waals surface area contributed by atoms with Gasteiger partial charge in [0.2, 0.25) is 0 Å². The van der Waals surface area contributed by atoms with Crippen LogP contribution in [-0.2, 0) is 0 Å². The lowest BCUT2D eigenvalue weighted by Gasteiger charge is -2.19. The van der Waals surface area contributed by atoms with Gasteiger partial charge in [-0.25, -0.2) is 0 Å². The fraction of sp³-hybridized carbons (Fsp3) is 0.143. The van der Waals surface area contributed by atoms with Crippen molar-refractivity contribution in [1.82, 2.24) is 0 Å². The Hall–Kier alpha value is -0.260. The predicted octanol–water partition coefficient (Wildman–Crippen LogP) is 5.66. The Morgan fingerprint density at radius 3 is 2.40 bits per heavy atom. The SMILES string of the molecule is OCC(Nc1ccc(Cl)c(Br)c1)c1ccc(Br)cc1Cl. The van der Waals surface area contributed by atoms with Crippen LogP contribution in [0, 0.1) is 0 Å². The van der Waals surface area contributed by atoms with Gasteiger partial charge in [0.1, 0.15) is 0 Å². The highest BCUT2D eigenvalue weighted by Crippen LogP contribution is 2.31. The molecule has 0 bridgehead atoms. The quantitative estimate of drug-likeness (QED) is 0.643. The molecule has 0 amide bonds. The normalized spacial score (nSPS) is 12.2. The second-order valence-electron chi connectivity index (χ2n) is 4.17. The third kappa shape index (κ3) is 3.89. The summed E-state index contributed by atoms with van der Waals surface area (Å²) >= 11 is 18.9. The largest absolute Gasteiger partial charge is 0.394 e. The average Bonchev–Trinajstić information content (AvgIpc) is 2.41. The molecule has 6 heteroatoms. The molecule has 2 N–H and O–H groups in total. The zero-order chi connectivity index (χ0) is 14.7. The highest BCUT2D eigenvalue weighted by Gasteiger charge is 2.14. The summed E-state index contributed by atoms with van der Waals surface area (Å²) in [7, 11) is 0. The van der Waals surface area contributed by atoms with Crippen LogP contribution in [0.25, 0.3) is 0 Å². The minimum atomic E-state index is -0.288. The number of aliphatic hydroxyl groups excluding tert-OH is 1. The van der Waals surface area contributed by atoms with Crippen LogP contribution in [-0.4, -0.2) is 11.7 Å². The molecule has 2 aromatic rings. The first-order valence-electron chi connectivity index (χ1n) is 5.78. The maximum Gasteiger partial charge on any atom is 0.0759 e. The van der Waals surface area contributed by atoms with Crippen molar-refractivity contribution in [3.63, 3.8) is 0 Å². The summed E-state index contributed by atoms with van der Waals surface area (Å²) in [4.78, 5) is 0. The van der Waals surface area contributed by atoms with Crippen molar-refractivity contribution < 1.29 is 5.11 Å². The molecule has 0 radical (unpaired) electrons. The smallest absolute Gasteiger partial charge is 0.0759 e. The summed E-state index contributed by atoms with van der Waals surface area (Å²) in [5.74, 6) is 0. The first-order chi connectivity index (χ1) is 9.51. The van der Waals surface area contributed by atoms with Gasteiger partial charge in [-0.1, -0.05) is 45.2 Å². The molecule has 0 aliphatic carbocycles. The zero-order valence-electron chi connectivity index (χ0n) is 10.2. The summed E-state index contributed by atoms with van der Waals surface area (Å²) in [5, 5.41) is 14.1. The molecule has 1 unspecified atom stereocenters. The lowest BCUT2D eigenvalue weighted by molar-refractivity contribution is 0.276. The maximum absolute atomic E-state index is 9.59. The Bertz CT molecular complexity index is 622. The monoisotopic (exact) mass is 437 g/mol. The Morgan fingerprint density at radius 1 is 1.05 bits per heavy atom. The van der Waals surface area contributed by atoms with Crippen LogP contribution in [0.3, 0.4) is 0 Å². The van der Waals surface area contributed by atoms with Gasteiger partial charge in [0, 0.05) is 19.7 Å². The number of nitrogens with one attached hydrogen (secondary N) is 1. The van der Waals surface area contributed by atoms with E-state index in [1.54, 1.807) is 12.1 Å². The van der Waals surface area contributed by atoms with Crippen LogP contribution < -0.4 is 5.32 Å². The molecule has 0 saturated carbocycles. The highest BCUT2D eigenvalue weighted by molar-refractivity contribution is 9.10. The number of anilines is 1. The standard InChI is InChI=1S/C14H11Br2Cl2NO/c15-8-1-3-10(13(18)5-8)14(7-20)19-9-2-4-12(17)11(16)6-9/h1-6,14,19-20H,7H2. The fourth-order valence-electron chi connectivity index (χ4n) is 1.79. The lowest BCUT2D eigenvalue weighted by atomic mass is 10.1. The number of halogens is 4. The average molecular weight is 440 g/mol. The molecule has 0 heterocycles. The molecule has 0 aliphatic heterocycles. The second kappa shape index (κ2) is 7.14. The Kier molecular flexibility index (Phi) is 5.75. The van der Waals surface area contributed by atoms with Crippen LogP contribution in [0.5, 0.6) is 0 Å². The van der Waals surface area contributed by atoms with Gasteiger partial charge in [0.25, 0.3) is 0 Å². The summed E-state index contributed by atoms with van der Waals surface area (Å²) in [6, 6.07) is 10.8. The Balaban J connectivity index is 2.26. The molecule has 2 rings (SSSR count). The summed E-state index contributed by atoms with van der Waals surface area (Å²) in [6.45, 7) is -0.0679. The van der Waals surface area contributed by atoms with E-state index in [4.69, 9.17) is 23.2 Å². The van der Waals surface area contributed by atoms with Gasteiger partial charge in [-0.15, -0.1) is 0 Å². The van der Waals surface area contributed by atoms with Gasteiger partial charge in [-0.05, 0) is 51.8 Å². The van der Waals surface area contributed by atoms with Crippen molar-refractivity contribution in [1.29, 1.82) is 0 Å². The van der Waals surface area contributed by atoms with E-state index in [1.807, 2.05) is 24.3 Å². The maximum atomic E-state index is 9.59. The van der Waals surface area contributed by atoms with Crippen molar-refractivity contribution >= 4 is 60.7 Å². The molecule has 1 atom stereocenters. The molecule has 20 heavy (non-hydrogen) atoms. The molecule has 0 spiro atoms. The minimum Gasteiger partial charge on any atom is -0.394 e. The van der Waals surface area contributed by atoms with Gasteiger partial charge >= 0.3 is 0 Å². The van der Waals surface area contributed by atoms with E-state index in [-0.39, 0.29) is 12.6 Å². The van der Waals surface area contributed by atoms with Crippen LogP contribution >= 0.6 is 55.1 Å². The molecule has 0 saturated heterocycles. The van der Waals surface area contributed by atoms with E-state index in [1.165, 1.54) is 0 Å². The molecule has 106 valence electrons. The molecular formula is C14H11Br2Cl2NO. The second-order valence-corrected chi connectivity index (χ2v) is 6.76.